The van der Waals surface area contributed by atoms with Crippen LogP contribution in [0.4, 0.5) is 5.69 Å². The first kappa shape index (κ1) is 18.3. The quantitative estimate of drug-likeness (QED) is 0.736. The van der Waals surface area contributed by atoms with Crippen LogP contribution in [-0.2, 0) is 16.6 Å². The van der Waals surface area contributed by atoms with Gasteiger partial charge in [-0.2, -0.15) is 5.10 Å². The summed E-state index contributed by atoms with van der Waals surface area (Å²) in [5, 5.41) is 9.17. The zero-order valence-corrected chi connectivity index (χ0v) is 16.1. The van der Waals surface area contributed by atoms with Gasteiger partial charge in [0.1, 0.15) is 5.75 Å². The van der Waals surface area contributed by atoms with Crippen molar-refractivity contribution in [2.75, 3.05) is 25.1 Å². The predicted octanol–water partition coefficient (Wildman–Crippen LogP) is 3.70. The first-order valence-electron chi connectivity index (χ1n) is 9.32. The van der Waals surface area contributed by atoms with Crippen LogP contribution in [0.3, 0.4) is 0 Å². The van der Waals surface area contributed by atoms with Crippen molar-refractivity contribution >= 4 is 27.9 Å². The van der Waals surface area contributed by atoms with Gasteiger partial charge in [-0.15, -0.1) is 0 Å². The zero-order valence-electron chi connectivity index (χ0n) is 16.1. The van der Waals surface area contributed by atoms with Crippen molar-refractivity contribution in [3.63, 3.8) is 0 Å². The van der Waals surface area contributed by atoms with Gasteiger partial charge in [-0.25, -0.2) is 0 Å². The molecule has 4 rings (SSSR count). The van der Waals surface area contributed by atoms with E-state index in [0.717, 1.165) is 29.5 Å². The first-order valence-corrected chi connectivity index (χ1v) is 9.32. The van der Waals surface area contributed by atoms with Crippen molar-refractivity contribution in [1.29, 1.82) is 0 Å². The maximum absolute atomic E-state index is 12.2. The van der Waals surface area contributed by atoms with Crippen LogP contribution in [-0.4, -0.2) is 35.5 Å². The fourth-order valence-electron chi connectivity index (χ4n) is 3.26. The van der Waals surface area contributed by atoms with E-state index in [4.69, 9.17) is 9.47 Å². The van der Waals surface area contributed by atoms with Crippen LogP contribution in [0.1, 0.15) is 17.7 Å². The molecule has 28 heavy (non-hydrogen) atoms. The SMILES string of the molecule is Cc1c(NC(=O)COc2ccc3ccc(C4=CCOCC4)cc3c2)cnn1C. The maximum Gasteiger partial charge on any atom is 0.262 e. The lowest BCUT2D eigenvalue weighted by atomic mass is 9.98. The monoisotopic (exact) mass is 377 g/mol. The van der Waals surface area contributed by atoms with Gasteiger partial charge in [0.15, 0.2) is 6.61 Å². The lowest BCUT2D eigenvalue weighted by Crippen LogP contribution is -2.20. The van der Waals surface area contributed by atoms with Crippen molar-refractivity contribution in [1.82, 2.24) is 9.78 Å². The highest BCUT2D eigenvalue weighted by molar-refractivity contribution is 5.92. The molecule has 1 aliphatic heterocycles. The van der Waals surface area contributed by atoms with Crippen molar-refractivity contribution in [3.8, 4) is 5.75 Å². The van der Waals surface area contributed by atoms with Gasteiger partial charge in [-0.05, 0) is 53.5 Å². The van der Waals surface area contributed by atoms with E-state index in [2.05, 4.69) is 34.7 Å². The van der Waals surface area contributed by atoms with Crippen molar-refractivity contribution in [3.05, 3.63) is 59.9 Å². The highest BCUT2D eigenvalue weighted by Gasteiger charge is 2.10. The number of benzene rings is 2. The number of aryl methyl sites for hydroxylation is 1. The van der Waals surface area contributed by atoms with Crippen LogP contribution in [0.15, 0.2) is 48.7 Å². The number of ether oxygens (including phenoxy) is 2. The third-order valence-electron chi connectivity index (χ3n) is 5.03. The van der Waals surface area contributed by atoms with Crippen LogP contribution in [0.5, 0.6) is 5.75 Å². The molecule has 1 amide bonds. The summed E-state index contributed by atoms with van der Waals surface area (Å²) in [5.41, 5.74) is 4.11. The summed E-state index contributed by atoms with van der Waals surface area (Å²) in [4.78, 5) is 12.2. The normalized spacial score (nSPS) is 14.0. The van der Waals surface area contributed by atoms with E-state index < -0.39 is 0 Å². The molecule has 6 heteroatoms. The van der Waals surface area contributed by atoms with Crippen molar-refractivity contribution in [2.45, 2.75) is 13.3 Å². The largest absolute Gasteiger partial charge is 0.484 e. The third-order valence-corrected chi connectivity index (χ3v) is 5.03. The molecule has 1 aromatic heterocycles. The number of nitrogens with zero attached hydrogens (tertiary/aromatic N) is 2. The maximum atomic E-state index is 12.2. The fourth-order valence-corrected chi connectivity index (χ4v) is 3.26. The van der Waals surface area contributed by atoms with Crippen molar-refractivity contribution in [2.24, 2.45) is 7.05 Å². The van der Waals surface area contributed by atoms with Crippen molar-refractivity contribution < 1.29 is 14.3 Å². The Balaban J connectivity index is 1.45. The third kappa shape index (κ3) is 3.92. The standard InChI is InChI=1S/C22H23N3O3/c1-15-21(13-23-25(15)2)24-22(26)14-28-20-6-5-16-3-4-18(11-19(16)12-20)17-7-9-27-10-8-17/h3-7,11-13H,8-10,14H2,1-2H3,(H,24,26). The number of nitrogens with one attached hydrogen (secondary N) is 1. The van der Waals surface area contributed by atoms with Gasteiger partial charge in [-0.1, -0.05) is 24.3 Å². The van der Waals surface area contributed by atoms with E-state index in [9.17, 15) is 4.79 Å². The minimum atomic E-state index is -0.211. The number of amides is 1. The van der Waals surface area contributed by atoms with Gasteiger partial charge in [0, 0.05) is 7.05 Å². The molecular weight excluding hydrogens is 354 g/mol. The topological polar surface area (TPSA) is 65.4 Å². The van der Waals surface area contributed by atoms with Gasteiger partial charge in [0.05, 0.1) is 30.8 Å². The summed E-state index contributed by atoms with van der Waals surface area (Å²) in [6.45, 7) is 3.28. The second kappa shape index (κ2) is 7.86. The number of hydrogen-bond acceptors (Lipinski definition) is 4. The molecule has 1 aliphatic rings. The second-order valence-corrected chi connectivity index (χ2v) is 6.88. The first-order chi connectivity index (χ1) is 13.6. The molecule has 1 N–H and O–H groups in total. The molecule has 0 fully saturated rings. The number of fused-ring (bicyclic) bond motifs is 1. The molecule has 0 saturated carbocycles. The molecule has 0 radical (unpaired) electrons. The lowest BCUT2D eigenvalue weighted by molar-refractivity contribution is -0.118. The van der Waals surface area contributed by atoms with E-state index >= 15 is 0 Å². The summed E-state index contributed by atoms with van der Waals surface area (Å²) in [7, 11) is 1.83. The number of anilines is 1. The van der Waals surface area contributed by atoms with Crippen LogP contribution in [0, 0.1) is 6.92 Å². The molecule has 0 spiro atoms. The zero-order chi connectivity index (χ0) is 19.5. The smallest absolute Gasteiger partial charge is 0.262 e. The summed E-state index contributed by atoms with van der Waals surface area (Å²) in [5.74, 6) is 0.459. The molecule has 0 unspecified atom stereocenters. The Morgan fingerprint density at radius 3 is 2.86 bits per heavy atom. The number of carbonyl (C=O) groups excluding carboxylic acids is 1. The van der Waals surface area contributed by atoms with E-state index in [1.807, 2.05) is 32.2 Å². The number of aromatic nitrogens is 2. The Morgan fingerprint density at radius 1 is 1.25 bits per heavy atom. The van der Waals surface area contributed by atoms with Gasteiger partial charge in [0.2, 0.25) is 0 Å². The second-order valence-electron chi connectivity index (χ2n) is 6.88. The van der Waals surface area contributed by atoms with Gasteiger partial charge in [0.25, 0.3) is 5.91 Å². The van der Waals surface area contributed by atoms with Gasteiger partial charge in [-0.3, -0.25) is 9.48 Å². The molecular formula is C22H23N3O3. The Bertz CT molecular complexity index is 1050. The van der Waals surface area contributed by atoms with Crippen LogP contribution in [0.25, 0.3) is 16.3 Å². The van der Waals surface area contributed by atoms with E-state index in [-0.39, 0.29) is 12.5 Å². The van der Waals surface area contributed by atoms with E-state index in [1.165, 1.54) is 11.1 Å². The number of hydrogen-bond donors (Lipinski definition) is 1. The molecule has 6 nitrogen and oxygen atoms in total. The Labute approximate surface area is 163 Å². The van der Waals surface area contributed by atoms with Gasteiger partial charge >= 0.3 is 0 Å². The fraction of sp³-hybridized carbons (Fsp3) is 0.273. The van der Waals surface area contributed by atoms with Crippen LogP contribution in [0.2, 0.25) is 0 Å². The molecule has 3 aromatic rings. The number of rotatable bonds is 5. The lowest BCUT2D eigenvalue weighted by Gasteiger charge is -2.14. The molecule has 0 aliphatic carbocycles. The summed E-state index contributed by atoms with van der Waals surface area (Å²) in [6, 6.07) is 12.3. The molecule has 0 saturated heterocycles. The predicted molar refractivity (Wildman–Crippen MR) is 109 cm³/mol. The Kier molecular flexibility index (Phi) is 5.12. The highest BCUT2D eigenvalue weighted by atomic mass is 16.5. The highest BCUT2D eigenvalue weighted by Crippen LogP contribution is 2.27. The molecule has 0 atom stereocenters. The molecule has 2 heterocycles. The average molecular weight is 377 g/mol. The van der Waals surface area contributed by atoms with Gasteiger partial charge < -0.3 is 14.8 Å². The molecule has 2 aromatic carbocycles. The summed E-state index contributed by atoms with van der Waals surface area (Å²) >= 11 is 0. The van der Waals surface area contributed by atoms with E-state index in [1.54, 1.807) is 10.9 Å². The van der Waals surface area contributed by atoms with Crippen LogP contribution >= 0.6 is 0 Å². The summed E-state index contributed by atoms with van der Waals surface area (Å²) < 4.78 is 12.8. The average Bonchev–Trinajstić information content (AvgIpc) is 3.04. The Hall–Kier alpha value is -3.12. The minimum Gasteiger partial charge on any atom is -0.484 e. The Morgan fingerprint density at radius 2 is 2.11 bits per heavy atom. The van der Waals surface area contributed by atoms with Crippen LogP contribution < -0.4 is 10.1 Å². The number of carbonyl (C=O) groups is 1. The molecule has 144 valence electrons. The molecule has 0 bridgehead atoms. The minimum absolute atomic E-state index is 0.0535. The van der Waals surface area contributed by atoms with E-state index in [0.29, 0.717) is 18.0 Å². The summed E-state index contributed by atoms with van der Waals surface area (Å²) in [6.07, 6.45) is 4.70.